The number of amides is 2. The summed E-state index contributed by atoms with van der Waals surface area (Å²) in [5.41, 5.74) is 0.275. The lowest BCUT2D eigenvalue weighted by atomic mass is 10.2. The van der Waals surface area contributed by atoms with Crippen molar-refractivity contribution in [1.29, 1.82) is 0 Å². The number of carbonyl (C=O) groups excluding carboxylic acids is 2. The monoisotopic (exact) mass is 380 g/mol. The zero-order valence-electron chi connectivity index (χ0n) is 12.0. The Hall–Kier alpha value is -2.41. The van der Waals surface area contributed by atoms with Gasteiger partial charge >= 0.3 is 0 Å². The van der Waals surface area contributed by atoms with Crippen molar-refractivity contribution in [2.45, 2.75) is 6.54 Å². The Morgan fingerprint density at radius 1 is 1.26 bits per heavy atom. The molecule has 0 bridgehead atoms. The summed E-state index contributed by atoms with van der Waals surface area (Å²) in [6.07, 6.45) is 4.02. The third kappa shape index (κ3) is 5.71. The zero-order valence-corrected chi connectivity index (χ0v) is 13.6. The summed E-state index contributed by atoms with van der Waals surface area (Å²) in [5.74, 6) is -0.655. The molecule has 0 unspecified atom stereocenters. The van der Waals surface area contributed by atoms with Crippen molar-refractivity contribution in [3.63, 3.8) is 0 Å². The Labute approximate surface area is 140 Å². The number of halogens is 2. The van der Waals surface area contributed by atoms with Crippen LogP contribution < -0.4 is 10.6 Å². The minimum absolute atomic E-state index is 0.176. The number of furan rings is 1. The van der Waals surface area contributed by atoms with Gasteiger partial charge in [-0.25, -0.2) is 4.39 Å². The van der Waals surface area contributed by atoms with E-state index in [1.165, 1.54) is 24.5 Å². The second-order valence-electron chi connectivity index (χ2n) is 4.57. The van der Waals surface area contributed by atoms with Gasteiger partial charge in [-0.1, -0.05) is 15.9 Å². The largest absolute Gasteiger partial charge is 0.467 e. The maximum Gasteiger partial charge on any atom is 0.244 e. The van der Waals surface area contributed by atoms with Crippen molar-refractivity contribution in [1.82, 2.24) is 10.6 Å². The highest BCUT2D eigenvalue weighted by Crippen LogP contribution is 2.16. The molecule has 0 aliphatic heterocycles. The molecule has 2 N–H and O–H groups in total. The molecule has 0 saturated carbocycles. The minimum Gasteiger partial charge on any atom is -0.467 e. The van der Waals surface area contributed by atoms with Gasteiger partial charge in [-0.2, -0.15) is 0 Å². The average molecular weight is 381 g/mol. The van der Waals surface area contributed by atoms with Crippen LogP contribution in [0.5, 0.6) is 0 Å². The number of hydrogen-bond donors (Lipinski definition) is 2. The van der Waals surface area contributed by atoms with Crippen LogP contribution in [0.3, 0.4) is 0 Å². The van der Waals surface area contributed by atoms with Crippen molar-refractivity contribution in [3.8, 4) is 0 Å². The van der Waals surface area contributed by atoms with E-state index in [0.29, 0.717) is 10.2 Å². The molecule has 0 radical (unpaired) electrons. The second kappa shape index (κ2) is 8.28. The number of nitrogens with one attached hydrogen (secondary N) is 2. The minimum atomic E-state index is -0.488. The van der Waals surface area contributed by atoms with Gasteiger partial charge in [0, 0.05) is 16.1 Å². The smallest absolute Gasteiger partial charge is 0.244 e. The Kier molecular flexibility index (Phi) is 6.10. The van der Waals surface area contributed by atoms with Crippen LogP contribution in [0.15, 0.2) is 51.6 Å². The first-order valence-corrected chi connectivity index (χ1v) is 7.54. The first kappa shape index (κ1) is 17.0. The van der Waals surface area contributed by atoms with Gasteiger partial charge in [0.25, 0.3) is 0 Å². The number of benzene rings is 1. The molecule has 1 aromatic carbocycles. The summed E-state index contributed by atoms with van der Waals surface area (Å²) in [5, 5.41) is 5.01. The van der Waals surface area contributed by atoms with E-state index in [-0.39, 0.29) is 24.6 Å². The van der Waals surface area contributed by atoms with E-state index in [1.807, 2.05) is 0 Å². The molecule has 5 nitrogen and oxygen atoms in total. The molecule has 1 heterocycles. The normalized spacial score (nSPS) is 10.7. The fraction of sp³-hybridized carbons (Fsp3) is 0.125. The van der Waals surface area contributed by atoms with E-state index < -0.39 is 11.7 Å². The molecular weight excluding hydrogens is 367 g/mol. The predicted molar refractivity (Wildman–Crippen MR) is 86.7 cm³/mol. The van der Waals surface area contributed by atoms with Gasteiger partial charge in [-0.15, -0.1) is 0 Å². The summed E-state index contributed by atoms with van der Waals surface area (Å²) in [4.78, 5) is 23.2. The van der Waals surface area contributed by atoms with Crippen molar-refractivity contribution in [2.24, 2.45) is 0 Å². The van der Waals surface area contributed by atoms with Gasteiger partial charge < -0.3 is 15.1 Å². The van der Waals surface area contributed by atoms with Crippen LogP contribution in [0.2, 0.25) is 0 Å². The molecule has 120 valence electrons. The molecule has 2 rings (SSSR count). The SMILES string of the molecule is O=C(/C=C/c1cc(Br)ccc1F)NCC(=O)NCc1ccco1. The van der Waals surface area contributed by atoms with Crippen molar-refractivity contribution >= 4 is 33.8 Å². The van der Waals surface area contributed by atoms with Crippen molar-refractivity contribution in [3.05, 3.63) is 64.3 Å². The Morgan fingerprint density at radius 3 is 2.83 bits per heavy atom. The molecule has 0 fully saturated rings. The highest BCUT2D eigenvalue weighted by Gasteiger charge is 2.05. The lowest BCUT2D eigenvalue weighted by Crippen LogP contribution is -2.35. The summed E-state index contributed by atoms with van der Waals surface area (Å²) in [6.45, 7) is 0.0750. The number of hydrogen-bond acceptors (Lipinski definition) is 3. The van der Waals surface area contributed by atoms with Crippen molar-refractivity contribution < 1.29 is 18.4 Å². The van der Waals surface area contributed by atoms with Crippen molar-refractivity contribution in [2.75, 3.05) is 6.54 Å². The van der Waals surface area contributed by atoms with Crippen LogP contribution in [0, 0.1) is 5.82 Å². The Morgan fingerprint density at radius 2 is 2.09 bits per heavy atom. The van der Waals surface area contributed by atoms with Crippen LogP contribution in [0.25, 0.3) is 6.08 Å². The summed E-state index contributed by atoms with van der Waals surface area (Å²) in [7, 11) is 0. The first-order chi connectivity index (χ1) is 11.0. The van der Waals surface area contributed by atoms with E-state index in [9.17, 15) is 14.0 Å². The highest BCUT2D eigenvalue weighted by molar-refractivity contribution is 9.10. The second-order valence-corrected chi connectivity index (χ2v) is 5.49. The number of rotatable bonds is 6. The van der Waals surface area contributed by atoms with Gasteiger partial charge in [0.1, 0.15) is 11.6 Å². The highest BCUT2D eigenvalue weighted by atomic mass is 79.9. The summed E-state index contributed by atoms with van der Waals surface area (Å²) in [6, 6.07) is 7.86. The van der Waals surface area contributed by atoms with Gasteiger partial charge in [0.2, 0.25) is 11.8 Å². The molecule has 0 saturated heterocycles. The fourth-order valence-electron chi connectivity index (χ4n) is 1.70. The molecule has 0 aliphatic rings. The topological polar surface area (TPSA) is 71.3 Å². The standard InChI is InChI=1S/C16H14BrFN2O3/c17-12-4-5-14(18)11(8-12)3-6-15(21)20-10-16(22)19-9-13-2-1-7-23-13/h1-8H,9-10H2,(H,19,22)(H,20,21)/b6-3+. The lowest BCUT2D eigenvalue weighted by molar-refractivity contribution is -0.124. The van der Waals surface area contributed by atoms with Crippen LogP contribution in [-0.2, 0) is 16.1 Å². The van der Waals surface area contributed by atoms with Gasteiger partial charge in [-0.3, -0.25) is 9.59 Å². The number of carbonyl (C=O) groups is 2. The molecule has 7 heteroatoms. The summed E-state index contributed by atoms with van der Waals surface area (Å²) >= 11 is 3.22. The van der Waals surface area contributed by atoms with Gasteiger partial charge in [0.15, 0.2) is 0 Å². The molecule has 23 heavy (non-hydrogen) atoms. The van der Waals surface area contributed by atoms with E-state index >= 15 is 0 Å². The van der Waals surface area contributed by atoms with Crippen LogP contribution >= 0.6 is 15.9 Å². The van der Waals surface area contributed by atoms with E-state index in [0.717, 1.165) is 0 Å². The Bertz CT molecular complexity index is 714. The molecule has 0 atom stereocenters. The van der Waals surface area contributed by atoms with E-state index in [2.05, 4.69) is 26.6 Å². The first-order valence-electron chi connectivity index (χ1n) is 6.74. The lowest BCUT2D eigenvalue weighted by Gasteiger charge is -2.04. The molecule has 1 aromatic heterocycles. The summed E-state index contributed by atoms with van der Waals surface area (Å²) < 4.78 is 19.3. The predicted octanol–water partition coefficient (Wildman–Crippen LogP) is 2.63. The third-order valence-electron chi connectivity index (χ3n) is 2.84. The molecule has 0 spiro atoms. The van der Waals surface area contributed by atoms with Crippen LogP contribution in [0.4, 0.5) is 4.39 Å². The maximum absolute atomic E-state index is 13.5. The molecule has 0 aliphatic carbocycles. The van der Waals surface area contributed by atoms with Crippen LogP contribution in [-0.4, -0.2) is 18.4 Å². The van der Waals surface area contributed by atoms with E-state index in [1.54, 1.807) is 24.3 Å². The Balaban J connectivity index is 1.77. The average Bonchev–Trinajstić information content (AvgIpc) is 3.05. The maximum atomic E-state index is 13.5. The zero-order chi connectivity index (χ0) is 16.7. The third-order valence-corrected chi connectivity index (χ3v) is 3.33. The fourth-order valence-corrected chi connectivity index (χ4v) is 2.07. The van der Waals surface area contributed by atoms with Crippen LogP contribution in [0.1, 0.15) is 11.3 Å². The molecule has 2 amide bonds. The quantitative estimate of drug-likeness (QED) is 0.756. The van der Waals surface area contributed by atoms with E-state index in [4.69, 9.17) is 4.42 Å². The van der Waals surface area contributed by atoms with Gasteiger partial charge in [-0.05, 0) is 36.4 Å². The van der Waals surface area contributed by atoms with Gasteiger partial charge in [0.05, 0.1) is 19.4 Å². The molecule has 2 aromatic rings. The molecular formula is C16H14BrFN2O3.